The molecule has 3 aromatic rings. The quantitative estimate of drug-likeness (QED) is 0.778. The lowest BCUT2D eigenvalue weighted by molar-refractivity contribution is 0.0697. The average molecular weight is 362 g/mol. The first-order valence-corrected chi connectivity index (χ1v) is 9.19. The van der Waals surface area contributed by atoms with Crippen molar-refractivity contribution in [3.63, 3.8) is 0 Å². The molecule has 1 aliphatic rings. The molecule has 6 nitrogen and oxygen atoms in total. The van der Waals surface area contributed by atoms with Crippen molar-refractivity contribution in [2.75, 3.05) is 13.1 Å². The summed E-state index contributed by atoms with van der Waals surface area (Å²) in [5, 5.41) is 0.885. The van der Waals surface area contributed by atoms with Crippen LogP contribution in [0.2, 0.25) is 0 Å². The molecule has 0 aliphatic carbocycles. The summed E-state index contributed by atoms with van der Waals surface area (Å²) in [7, 11) is 0. The molecule has 0 atom stereocenters. The van der Waals surface area contributed by atoms with Gasteiger partial charge in [-0.05, 0) is 49.1 Å². The normalized spacial score (nSPS) is 15.2. The molecule has 1 aliphatic heterocycles. The van der Waals surface area contributed by atoms with Crippen LogP contribution in [0.3, 0.4) is 0 Å². The number of rotatable bonds is 3. The third-order valence-electron chi connectivity index (χ3n) is 5.25. The Morgan fingerprint density at radius 3 is 2.63 bits per heavy atom. The number of carbonyl (C=O) groups excluding carboxylic acids is 2. The van der Waals surface area contributed by atoms with Gasteiger partial charge in [-0.1, -0.05) is 13.0 Å². The van der Waals surface area contributed by atoms with Crippen LogP contribution < -0.4 is 5.73 Å². The molecule has 1 saturated heterocycles. The highest BCUT2D eigenvalue weighted by molar-refractivity contribution is 5.97. The Morgan fingerprint density at radius 1 is 1.11 bits per heavy atom. The Hall–Kier alpha value is -3.15. The van der Waals surface area contributed by atoms with E-state index in [4.69, 9.17) is 5.73 Å². The molecule has 6 heteroatoms. The molecule has 1 fully saturated rings. The van der Waals surface area contributed by atoms with Crippen LogP contribution in [-0.4, -0.2) is 39.4 Å². The summed E-state index contributed by atoms with van der Waals surface area (Å²) in [4.78, 5) is 30.6. The smallest absolute Gasteiger partial charge is 0.255 e. The molecule has 27 heavy (non-hydrogen) atoms. The van der Waals surface area contributed by atoms with Gasteiger partial charge in [0.2, 0.25) is 5.91 Å². The predicted molar refractivity (Wildman–Crippen MR) is 104 cm³/mol. The van der Waals surface area contributed by atoms with Gasteiger partial charge in [0, 0.05) is 42.1 Å². The van der Waals surface area contributed by atoms with Crippen molar-refractivity contribution < 1.29 is 9.59 Å². The Morgan fingerprint density at radius 2 is 1.89 bits per heavy atom. The second-order valence-corrected chi connectivity index (χ2v) is 7.21. The standard InChI is InChI=1S/C21H22N4O2/c1-14-5-8-24(9-6-14)21(27)17-11-16-7-10-25(20(16)23-13-17)18-4-2-3-15(12-18)19(22)26/h2-4,7,10-14H,5-6,8-9H2,1H3,(H2,22,26). The minimum absolute atomic E-state index is 0.0415. The van der Waals surface area contributed by atoms with Gasteiger partial charge in [0.25, 0.3) is 5.91 Å². The van der Waals surface area contributed by atoms with Crippen LogP contribution in [0, 0.1) is 5.92 Å². The van der Waals surface area contributed by atoms with Gasteiger partial charge in [-0.15, -0.1) is 0 Å². The molecule has 2 N–H and O–H groups in total. The van der Waals surface area contributed by atoms with Gasteiger partial charge in [-0.2, -0.15) is 0 Å². The summed E-state index contributed by atoms with van der Waals surface area (Å²) in [5.41, 5.74) is 7.97. The number of aromatic nitrogens is 2. The highest BCUT2D eigenvalue weighted by Crippen LogP contribution is 2.22. The van der Waals surface area contributed by atoms with Gasteiger partial charge in [0.1, 0.15) is 5.65 Å². The lowest BCUT2D eigenvalue weighted by Crippen LogP contribution is -2.37. The minimum Gasteiger partial charge on any atom is -0.366 e. The maximum Gasteiger partial charge on any atom is 0.255 e. The largest absolute Gasteiger partial charge is 0.366 e. The van der Waals surface area contributed by atoms with Gasteiger partial charge in [0.05, 0.1) is 5.56 Å². The molecule has 2 aromatic heterocycles. The van der Waals surface area contributed by atoms with E-state index in [0.717, 1.165) is 42.7 Å². The van der Waals surface area contributed by atoms with E-state index in [2.05, 4.69) is 11.9 Å². The molecule has 2 amide bonds. The third kappa shape index (κ3) is 3.30. The topological polar surface area (TPSA) is 81.2 Å². The molecule has 0 unspecified atom stereocenters. The Balaban J connectivity index is 1.65. The van der Waals surface area contributed by atoms with Crippen LogP contribution in [0.15, 0.2) is 48.8 Å². The minimum atomic E-state index is -0.468. The number of primary amides is 1. The van der Waals surface area contributed by atoms with E-state index in [1.807, 2.05) is 33.9 Å². The zero-order valence-corrected chi connectivity index (χ0v) is 15.3. The molecule has 3 heterocycles. The van der Waals surface area contributed by atoms with Gasteiger partial charge in [-0.3, -0.25) is 9.59 Å². The van der Waals surface area contributed by atoms with Crippen molar-refractivity contribution in [2.24, 2.45) is 11.7 Å². The number of carbonyl (C=O) groups is 2. The number of nitrogens with zero attached hydrogens (tertiary/aromatic N) is 3. The lowest BCUT2D eigenvalue weighted by Gasteiger charge is -2.30. The van der Waals surface area contributed by atoms with Gasteiger partial charge < -0.3 is 15.2 Å². The zero-order valence-electron chi connectivity index (χ0n) is 15.3. The fraction of sp³-hybridized carbons (Fsp3) is 0.286. The van der Waals surface area contributed by atoms with E-state index in [1.165, 1.54) is 0 Å². The highest BCUT2D eigenvalue weighted by atomic mass is 16.2. The number of hydrogen-bond donors (Lipinski definition) is 1. The number of piperidine rings is 1. The number of nitrogens with two attached hydrogens (primary N) is 1. The summed E-state index contributed by atoms with van der Waals surface area (Å²) < 4.78 is 1.89. The molecular weight excluding hydrogens is 340 g/mol. The zero-order chi connectivity index (χ0) is 19.0. The molecule has 4 rings (SSSR count). The van der Waals surface area contributed by atoms with Crippen LogP contribution in [0.4, 0.5) is 0 Å². The average Bonchev–Trinajstić information content (AvgIpc) is 3.11. The first-order chi connectivity index (χ1) is 13.0. The number of benzene rings is 1. The van der Waals surface area contributed by atoms with E-state index < -0.39 is 5.91 Å². The molecule has 0 spiro atoms. The van der Waals surface area contributed by atoms with Crippen molar-refractivity contribution in [2.45, 2.75) is 19.8 Å². The van der Waals surface area contributed by atoms with Crippen molar-refractivity contribution in [3.05, 3.63) is 59.9 Å². The monoisotopic (exact) mass is 362 g/mol. The molecule has 1 aromatic carbocycles. The molecule has 138 valence electrons. The second-order valence-electron chi connectivity index (χ2n) is 7.21. The molecule has 0 saturated carbocycles. The summed E-state index contributed by atoms with van der Waals surface area (Å²) >= 11 is 0. The summed E-state index contributed by atoms with van der Waals surface area (Å²) in [6, 6.07) is 10.9. The van der Waals surface area contributed by atoms with E-state index >= 15 is 0 Å². The van der Waals surface area contributed by atoms with Gasteiger partial charge >= 0.3 is 0 Å². The highest BCUT2D eigenvalue weighted by Gasteiger charge is 2.22. The van der Waals surface area contributed by atoms with Crippen LogP contribution in [0.5, 0.6) is 0 Å². The summed E-state index contributed by atoms with van der Waals surface area (Å²) in [6.45, 7) is 3.84. The summed E-state index contributed by atoms with van der Waals surface area (Å²) in [6.07, 6.45) is 5.62. The maximum atomic E-state index is 12.8. The van der Waals surface area contributed by atoms with E-state index in [0.29, 0.717) is 17.0 Å². The van der Waals surface area contributed by atoms with Crippen LogP contribution >= 0.6 is 0 Å². The Kier molecular flexibility index (Phi) is 4.39. The van der Waals surface area contributed by atoms with Crippen LogP contribution in [0.1, 0.15) is 40.5 Å². The Bertz CT molecular complexity index is 1020. The van der Waals surface area contributed by atoms with E-state index in [-0.39, 0.29) is 5.91 Å². The van der Waals surface area contributed by atoms with Crippen molar-refractivity contribution >= 4 is 22.8 Å². The van der Waals surface area contributed by atoms with Crippen molar-refractivity contribution in [1.82, 2.24) is 14.5 Å². The van der Waals surface area contributed by atoms with Gasteiger partial charge in [-0.25, -0.2) is 4.98 Å². The molecule has 0 radical (unpaired) electrons. The number of hydrogen-bond acceptors (Lipinski definition) is 3. The van der Waals surface area contributed by atoms with E-state index in [1.54, 1.807) is 24.4 Å². The first-order valence-electron chi connectivity index (χ1n) is 9.19. The number of amides is 2. The predicted octanol–water partition coefficient (Wildman–Crippen LogP) is 3.00. The maximum absolute atomic E-state index is 12.8. The lowest BCUT2D eigenvalue weighted by atomic mass is 9.99. The molecule has 0 bridgehead atoms. The van der Waals surface area contributed by atoms with Crippen molar-refractivity contribution in [3.8, 4) is 5.69 Å². The van der Waals surface area contributed by atoms with Crippen LogP contribution in [0.25, 0.3) is 16.7 Å². The fourth-order valence-corrected chi connectivity index (χ4v) is 3.55. The third-order valence-corrected chi connectivity index (χ3v) is 5.25. The Labute approximate surface area is 157 Å². The second kappa shape index (κ2) is 6.87. The fourth-order valence-electron chi connectivity index (χ4n) is 3.55. The SMILES string of the molecule is CC1CCN(C(=O)c2cnc3c(ccn3-c3cccc(C(N)=O)c3)c2)CC1. The van der Waals surface area contributed by atoms with Crippen molar-refractivity contribution in [1.29, 1.82) is 0 Å². The van der Waals surface area contributed by atoms with Gasteiger partial charge in [0.15, 0.2) is 0 Å². The molecular formula is C21H22N4O2. The number of pyridine rings is 1. The summed E-state index contributed by atoms with van der Waals surface area (Å²) in [5.74, 6) is 0.254. The number of fused-ring (bicyclic) bond motifs is 1. The first kappa shape index (κ1) is 17.3. The van der Waals surface area contributed by atoms with Crippen LogP contribution in [-0.2, 0) is 0 Å². The van der Waals surface area contributed by atoms with E-state index in [9.17, 15) is 9.59 Å². The number of likely N-dealkylation sites (tertiary alicyclic amines) is 1.